The summed E-state index contributed by atoms with van der Waals surface area (Å²) >= 11 is 0. The van der Waals surface area contributed by atoms with Crippen LogP contribution in [0.1, 0.15) is 20.8 Å². The van der Waals surface area contributed by atoms with Crippen molar-refractivity contribution in [1.29, 1.82) is 10.8 Å². The summed E-state index contributed by atoms with van der Waals surface area (Å²) < 4.78 is 0. The number of amidine groups is 2. The zero-order chi connectivity index (χ0) is 11.4. The van der Waals surface area contributed by atoms with Crippen molar-refractivity contribution in [3.8, 4) is 0 Å². The second-order valence-electron chi connectivity index (χ2n) is 3.75. The van der Waals surface area contributed by atoms with E-state index in [2.05, 4.69) is 10.2 Å². The summed E-state index contributed by atoms with van der Waals surface area (Å²) in [6.07, 6.45) is 0. The van der Waals surface area contributed by atoms with Crippen LogP contribution in [0.25, 0.3) is 0 Å². The van der Waals surface area contributed by atoms with E-state index in [1.165, 1.54) is 0 Å². The Bertz CT molecular complexity index is 263. The molecule has 96 valence electrons. The molecule has 16 heavy (non-hydrogen) atoms. The molecule has 0 radical (unpaired) electrons. The van der Waals surface area contributed by atoms with E-state index in [1.54, 1.807) is 20.8 Å². The monoisotopic (exact) mass is 270 g/mol. The van der Waals surface area contributed by atoms with E-state index in [1.807, 2.05) is 0 Å². The average Bonchev–Trinajstić information content (AvgIpc) is 2.03. The number of rotatable bonds is 5. The zero-order valence-corrected chi connectivity index (χ0v) is 11.3. The second-order valence-corrected chi connectivity index (χ2v) is 3.75. The molecule has 6 N–H and O–H groups in total. The maximum Gasteiger partial charge on any atom is 0.132 e. The Balaban J connectivity index is -0.000000845. The molecule has 1 unspecified atom stereocenters. The topological polar surface area (TPSA) is 124 Å². The molecule has 0 fully saturated rings. The van der Waals surface area contributed by atoms with Crippen LogP contribution in [0.15, 0.2) is 10.2 Å². The van der Waals surface area contributed by atoms with E-state index in [9.17, 15) is 0 Å². The molecule has 0 aromatic carbocycles. The zero-order valence-electron chi connectivity index (χ0n) is 9.65. The fourth-order valence-corrected chi connectivity index (χ4v) is 0.492. The lowest BCUT2D eigenvalue weighted by molar-refractivity contribution is 0.608. The smallest absolute Gasteiger partial charge is 0.132 e. The van der Waals surface area contributed by atoms with Crippen LogP contribution in [-0.2, 0) is 0 Å². The van der Waals surface area contributed by atoms with Crippen molar-refractivity contribution in [2.24, 2.45) is 27.6 Å². The molecule has 0 aromatic heterocycles. The van der Waals surface area contributed by atoms with Gasteiger partial charge in [0.15, 0.2) is 0 Å². The summed E-state index contributed by atoms with van der Waals surface area (Å²) in [4.78, 5) is 0. The molecule has 0 rings (SSSR count). The molecule has 0 saturated carbocycles. The standard InChI is InChI=1S/C8H18N6.2ClH/c1-5(6(9)10)4-13-14-8(2,3)7(11)12;;/h5H,4H2,1-3H3,(H3,9,10)(H3,11,12);2*1H. The van der Waals surface area contributed by atoms with Crippen LogP contribution in [-0.4, -0.2) is 23.8 Å². The van der Waals surface area contributed by atoms with Crippen LogP contribution in [0.2, 0.25) is 0 Å². The molecule has 1 atom stereocenters. The molecule has 0 spiro atoms. The number of hydrogen-bond acceptors (Lipinski definition) is 4. The van der Waals surface area contributed by atoms with Crippen molar-refractivity contribution in [2.45, 2.75) is 26.3 Å². The molecule has 0 saturated heterocycles. The fourth-order valence-electron chi connectivity index (χ4n) is 0.492. The van der Waals surface area contributed by atoms with Gasteiger partial charge in [-0.3, -0.25) is 10.8 Å². The SMILES string of the molecule is CC(CN=NC(C)(C)C(=N)N)C(=N)N.Cl.Cl. The third kappa shape index (κ3) is 7.42. The normalized spacial score (nSPS) is 12.4. The fraction of sp³-hybridized carbons (Fsp3) is 0.750. The Labute approximate surface area is 108 Å². The summed E-state index contributed by atoms with van der Waals surface area (Å²) in [5, 5.41) is 22.1. The van der Waals surface area contributed by atoms with Crippen LogP contribution in [0, 0.1) is 16.7 Å². The first-order valence-electron chi connectivity index (χ1n) is 4.34. The van der Waals surface area contributed by atoms with Crippen LogP contribution in [0.5, 0.6) is 0 Å². The van der Waals surface area contributed by atoms with Gasteiger partial charge in [0.2, 0.25) is 0 Å². The van der Waals surface area contributed by atoms with Gasteiger partial charge in [0.1, 0.15) is 11.4 Å². The van der Waals surface area contributed by atoms with Gasteiger partial charge in [-0.05, 0) is 13.8 Å². The Hall–Kier alpha value is -0.880. The lowest BCUT2D eigenvalue weighted by Gasteiger charge is -2.15. The highest BCUT2D eigenvalue weighted by Gasteiger charge is 2.20. The van der Waals surface area contributed by atoms with Gasteiger partial charge in [0.25, 0.3) is 0 Å². The minimum absolute atomic E-state index is 0. The van der Waals surface area contributed by atoms with Gasteiger partial charge >= 0.3 is 0 Å². The minimum Gasteiger partial charge on any atom is -0.387 e. The third-order valence-corrected chi connectivity index (χ3v) is 1.87. The largest absolute Gasteiger partial charge is 0.387 e. The summed E-state index contributed by atoms with van der Waals surface area (Å²) in [5.41, 5.74) is 9.80. The van der Waals surface area contributed by atoms with E-state index in [-0.39, 0.29) is 42.4 Å². The highest BCUT2D eigenvalue weighted by atomic mass is 35.5. The molecule has 0 aliphatic heterocycles. The van der Waals surface area contributed by atoms with Crippen molar-refractivity contribution in [3.05, 3.63) is 0 Å². The van der Waals surface area contributed by atoms with Gasteiger partial charge in [-0.2, -0.15) is 10.2 Å². The van der Waals surface area contributed by atoms with Crippen LogP contribution >= 0.6 is 24.8 Å². The van der Waals surface area contributed by atoms with E-state index >= 15 is 0 Å². The molecule has 0 bridgehead atoms. The predicted octanol–water partition coefficient (Wildman–Crippen LogP) is 1.57. The third-order valence-electron chi connectivity index (χ3n) is 1.87. The highest BCUT2D eigenvalue weighted by Crippen LogP contribution is 2.09. The first-order valence-corrected chi connectivity index (χ1v) is 4.34. The Morgan fingerprint density at radius 1 is 1.25 bits per heavy atom. The molecule has 0 amide bonds. The number of nitrogens with one attached hydrogen (secondary N) is 2. The van der Waals surface area contributed by atoms with Crippen molar-refractivity contribution in [1.82, 2.24) is 0 Å². The van der Waals surface area contributed by atoms with Crippen LogP contribution in [0.4, 0.5) is 0 Å². The Morgan fingerprint density at radius 2 is 1.69 bits per heavy atom. The Morgan fingerprint density at radius 3 is 2.00 bits per heavy atom. The van der Waals surface area contributed by atoms with Crippen LogP contribution < -0.4 is 11.5 Å². The summed E-state index contributed by atoms with van der Waals surface area (Å²) in [6, 6.07) is 0. The first-order chi connectivity index (χ1) is 6.27. The molecule has 0 aromatic rings. The Kier molecular flexibility index (Phi) is 10.6. The van der Waals surface area contributed by atoms with E-state index in [0.717, 1.165) is 0 Å². The summed E-state index contributed by atoms with van der Waals surface area (Å²) in [6.45, 7) is 5.56. The van der Waals surface area contributed by atoms with Gasteiger partial charge in [-0.25, -0.2) is 0 Å². The maximum absolute atomic E-state index is 7.22. The number of hydrogen-bond donors (Lipinski definition) is 4. The van der Waals surface area contributed by atoms with Gasteiger partial charge in [0, 0.05) is 5.92 Å². The minimum atomic E-state index is -0.767. The lowest BCUT2D eigenvalue weighted by Crippen LogP contribution is -2.35. The predicted molar refractivity (Wildman–Crippen MR) is 71.3 cm³/mol. The van der Waals surface area contributed by atoms with Crippen LogP contribution in [0.3, 0.4) is 0 Å². The van der Waals surface area contributed by atoms with Crippen molar-refractivity contribution in [2.75, 3.05) is 6.54 Å². The van der Waals surface area contributed by atoms with Crippen molar-refractivity contribution < 1.29 is 0 Å². The highest BCUT2D eigenvalue weighted by molar-refractivity contribution is 5.86. The van der Waals surface area contributed by atoms with Gasteiger partial charge in [0.05, 0.1) is 12.4 Å². The van der Waals surface area contributed by atoms with Crippen molar-refractivity contribution in [3.63, 3.8) is 0 Å². The summed E-state index contributed by atoms with van der Waals surface area (Å²) in [7, 11) is 0. The van der Waals surface area contributed by atoms with E-state index in [0.29, 0.717) is 6.54 Å². The summed E-state index contributed by atoms with van der Waals surface area (Å²) in [5.74, 6) is -0.0668. The van der Waals surface area contributed by atoms with Gasteiger partial charge in [-0.1, -0.05) is 6.92 Å². The number of azo groups is 1. The number of halogens is 2. The van der Waals surface area contributed by atoms with Gasteiger partial charge < -0.3 is 11.5 Å². The molecule has 0 aliphatic carbocycles. The molecular weight excluding hydrogens is 251 g/mol. The maximum atomic E-state index is 7.22. The number of nitrogens with zero attached hydrogens (tertiary/aromatic N) is 2. The second kappa shape index (κ2) is 8.29. The lowest BCUT2D eigenvalue weighted by atomic mass is 10.1. The molecule has 6 nitrogen and oxygen atoms in total. The molecular formula is C8H20Cl2N6. The number of nitrogens with two attached hydrogens (primary N) is 2. The molecule has 0 heterocycles. The first kappa shape index (κ1) is 20.5. The van der Waals surface area contributed by atoms with E-state index < -0.39 is 5.54 Å². The van der Waals surface area contributed by atoms with Gasteiger partial charge in [-0.15, -0.1) is 24.8 Å². The van der Waals surface area contributed by atoms with Crippen molar-refractivity contribution >= 4 is 36.5 Å². The average molecular weight is 271 g/mol. The molecule has 8 heteroatoms. The quantitative estimate of drug-likeness (QED) is 0.344. The molecule has 0 aliphatic rings. The van der Waals surface area contributed by atoms with E-state index in [4.69, 9.17) is 22.3 Å².